The maximum atomic E-state index is 9.01. The van der Waals surface area contributed by atoms with Crippen LogP contribution in [0.4, 0.5) is 34.9 Å². The minimum Gasteiger partial charge on any atom is -0.395 e. The number of hydrogen-bond donors (Lipinski definition) is 10. The van der Waals surface area contributed by atoms with Gasteiger partial charge in [-0.05, 0) is 55.7 Å². The number of ether oxygens (including phenoxy) is 2. The van der Waals surface area contributed by atoms with Gasteiger partial charge in [-0.3, -0.25) is 0 Å². The maximum absolute atomic E-state index is 9.01. The van der Waals surface area contributed by atoms with Gasteiger partial charge in [-0.1, -0.05) is 0 Å². The van der Waals surface area contributed by atoms with Crippen molar-refractivity contribution in [3.63, 3.8) is 0 Å². The van der Waals surface area contributed by atoms with Gasteiger partial charge >= 0.3 is 0 Å². The lowest BCUT2D eigenvalue weighted by Gasteiger charge is -2.11. The first kappa shape index (κ1) is 43.5. The highest BCUT2D eigenvalue weighted by molar-refractivity contribution is 5.61. The summed E-state index contributed by atoms with van der Waals surface area (Å²) in [6.45, 7) is 8.77. The van der Waals surface area contributed by atoms with Crippen molar-refractivity contribution in [1.29, 1.82) is 15.8 Å². The van der Waals surface area contributed by atoms with E-state index in [0.717, 1.165) is 16.7 Å². The van der Waals surface area contributed by atoms with Crippen LogP contribution in [0.3, 0.4) is 0 Å². The van der Waals surface area contributed by atoms with Crippen LogP contribution in [-0.4, -0.2) is 114 Å². The van der Waals surface area contributed by atoms with E-state index in [1.54, 1.807) is 18.2 Å². The summed E-state index contributed by atoms with van der Waals surface area (Å²) in [5.74, 6) is 2.73. The Morgan fingerprint density at radius 1 is 0.569 bits per heavy atom. The van der Waals surface area contributed by atoms with Gasteiger partial charge in [0.15, 0.2) is 0 Å². The summed E-state index contributed by atoms with van der Waals surface area (Å²) in [6.07, 6.45) is 0. The number of nitrogen functional groups attached to an aromatic ring is 2. The Hall–Kier alpha value is -5.52. The van der Waals surface area contributed by atoms with Crippen LogP contribution in [-0.2, 0) is 9.47 Å². The van der Waals surface area contributed by atoms with Crippen molar-refractivity contribution >= 4 is 34.9 Å². The Kier molecular flexibility index (Phi) is 21.7. The van der Waals surface area contributed by atoms with E-state index in [-0.39, 0.29) is 32.2 Å². The summed E-state index contributed by atoms with van der Waals surface area (Å²) in [5, 5.41) is 73.2. The fourth-order valence-corrected chi connectivity index (χ4v) is 4.12. The van der Waals surface area contributed by atoms with Crippen molar-refractivity contribution in [3.05, 3.63) is 51.6 Å². The van der Waals surface area contributed by atoms with E-state index < -0.39 is 0 Å². The maximum Gasteiger partial charge on any atom is 0.146 e. The van der Waals surface area contributed by atoms with Crippen LogP contribution in [0.25, 0.3) is 0 Å². The monoisotopic (exact) mass is 708 g/mol. The van der Waals surface area contributed by atoms with Gasteiger partial charge in [0.25, 0.3) is 0 Å². The smallest absolute Gasteiger partial charge is 0.146 e. The van der Waals surface area contributed by atoms with Crippen LogP contribution in [0.15, 0.2) is 18.2 Å². The first-order valence-corrected chi connectivity index (χ1v) is 15.9. The number of nitrogens with one attached hydrogen (secondary N) is 4. The highest BCUT2D eigenvalue weighted by Gasteiger charge is 2.10. The second-order valence-electron chi connectivity index (χ2n) is 10.4. The van der Waals surface area contributed by atoms with Crippen molar-refractivity contribution in [1.82, 2.24) is 15.0 Å². The fourth-order valence-electron chi connectivity index (χ4n) is 4.12. The van der Waals surface area contributed by atoms with Gasteiger partial charge in [0.1, 0.15) is 53.1 Å². The summed E-state index contributed by atoms with van der Waals surface area (Å²) in [7, 11) is 0. The molecule has 0 unspecified atom stereocenters. The minimum atomic E-state index is -0.0279. The molecule has 276 valence electrons. The molecule has 0 aromatic carbocycles. The highest BCUT2D eigenvalue weighted by Crippen LogP contribution is 2.21. The van der Waals surface area contributed by atoms with E-state index in [9.17, 15) is 0 Å². The van der Waals surface area contributed by atoms with Gasteiger partial charge in [-0.15, -0.1) is 0 Å². The van der Waals surface area contributed by atoms with E-state index in [0.29, 0.717) is 98.4 Å². The average molecular weight is 709 g/mol. The second kappa shape index (κ2) is 25.5. The van der Waals surface area contributed by atoms with Crippen LogP contribution in [0.1, 0.15) is 33.4 Å². The number of hydrogen-bond acceptors (Lipinski definition) is 18. The number of pyridine rings is 3. The lowest BCUT2D eigenvalue weighted by atomic mass is 10.1. The van der Waals surface area contributed by atoms with Crippen molar-refractivity contribution < 1.29 is 29.9 Å². The second-order valence-corrected chi connectivity index (χ2v) is 10.4. The van der Waals surface area contributed by atoms with E-state index in [4.69, 9.17) is 57.2 Å². The summed E-state index contributed by atoms with van der Waals surface area (Å²) in [6, 6.07) is 11.3. The van der Waals surface area contributed by atoms with Gasteiger partial charge < -0.3 is 62.6 Å². The molecule has 3 aromatic rings. The number of aliphatic hydroxyl groups is 4. The van der Waals surface area contributed by atoms with E-state index in [1.165, 1.54) is 0 Å². The number of aromatic nitrogens is 3. The quantitative estimate of drug-likeness (QED) is 0.0809. The number of nitrogens with zero attached hydrogens (tertiary/aromatic N) is 6. The van der Waals surface area contributed by atoms with E-state index in [2.05, 4.69) is 48.4 Å². The summed E-state index contributed by atoms with van der Waals surface area (Å²) in [4.78, 5) is 12.3. The van der Waals surface area contributed by atoms with Crippen molar-refractivity contribution in [2.75, 3.05) is 112 Å². The van der Waals surface area contributed by atoms with Gasteiger partial charge in [0, 0.05) is 26.2 Å². The largest absolute Gasteiger partial charge is 0.395 e. The van der Waals surface area contributed by atoms with Crippen molar-refractivity contribution in [2.24, 2.45) is 0 Å². The van der Waals surface area contributed by atoms with E-state index in [1.807, 2.05) is 26.8 Å². The number of anilines is 6. The number of rotatable bonds is 18. The third-order valence-electron chi connectivity index (χ3n) is 6.42. The van der Waals surface area contributed by atoms with Crippen molar-refractivity contribution in [2.45, 2.75) is 20.8 Å². The molecule has 0 fully saturated rings. The first-order chi connectivity index (χ1) is 24.6. The SMILES string of the molecule is Cc1cc(N)nc(NCCOCCO)c1C#N.Cc1cc(NCCO)nc(NCCO)c1C#N.Cc1cc(NCCOCCO)nc(N)c1C#N. The Bertz CT molecular complexity index is 1600. The molecule has 18 heteroatoms. The molecular weight excluding hydrogens is 660 g/mol. The zero-order chi connectivity index (χ0) is 38.0. The molecule has 0 aliphatic rings. The molecular formula is C33H48N12O6. The third kappa shape index (κ3) is 16.2. The lowest BCUT2D eigenvalue weighted by Crippen LogP contribution is -2.14. The predicted molar refractivity (Wildman–Crippen MR) is 194 cm³/mol. The summed E-state index contributed by atoms with van der Waals surface area (Å²) < 4.78 is 10.2. The molecule has 0 aliphatic carbocycles. The molecule has 0 bridgehead atoms. The van der Waals surface area contributed by atoms with Crippen LogP contribution < -0.4 is 32.7 Å². The van der Waals surface area contributed by atoms with Gasteiger partial charge in [-0.2, -0.15) is 15.8 Å². The van der Waals surface area contributed by atoms with Crippen LogP contribution >= 0.6 is 0 Å². The number of nitrogens with two attached hydrogens (primary N) is 2. The zero-order valence-corrected chi connectivity index (χ0v) is 29.2. The minimum absolute atomic E-state index is 0.000904. The molecule has 0 saturated carbocycles. The molecule has 0 amide bonds. The predicted octanol–water partition coefficient (Wildman–Crippen LogP) is 0.600. The van der Waals surface area contributed by atoms with E-state index >= 15 is 0 Å². The van der Waals surface area contributed by atoms with Crippen LogP contribution in [0.2, 0.25) is 0 Å². The molecule has 0 atom stereocenters. The first-order valence-electron chi connectivity index (χ1n) is 15.9. The molecule has 3 aromatic heterocycles. The molecule has 0 saturated heterocycles. The third-order valence-corrected chi connectivity index (χ3v) is 6.42. The van der Waals surface area contributed by atoms with Crippen LogP contribution in [0, 0.1) is 54.8 Å². The number of nitriles is 3. The topological polar surface area (TPSA) is 310 Å². The fraction of sp³-hybridized carbons (Fsp3) is 0.455. The van der Waals surface area contributed by atoms with Gasteiger partial charge in [0.05, 0.1) is 69.5 Å². The number of aryl methyl sites for hydroxylation is 3. The Balaban J connectivity index is 0.000000382. The molecule has 0 aliphatic heterocycles. The molecule has 51 heavy (non-hydrogen) atoms. The van der Waals surface area contributed by atoms with Gasteiger partial charge in [-0.25, -0.2) is 15.0 Å². The van der Waals surface area contributed by atoms with Crippen LogP contribution in [0.5, 0.6) is 0 Å². The molecule has 18 nitrogen and oxygen atoms in total. The number of aliphatic hydroxyl groups excluding tert-OH is 4. The molecule has 3 heterocycles. The summed E-state index contributed by atoms with van der Waals surface area (Å²) in [5.41, 5.74) is 15.0. The molecule has 0 spiro atoms. The normalized spacial score (nSPS) is 9.88. The Morgan fingerprint density at radius 2 is 1.00 bits per heavy atom. The highest BCUT2D eigenvalue weighted by atomic mass is 16.5. The Labute approximate surface area is 297 Å². The molecule has 12 N–H and O–H groups in total. The summed E-state index contributed by atoms with van der Waals surface area (Å²) >= 11 is 0. The lowest BCUT2D eigenvalue weighted by molar-refractivity contribution is 0.0992. The van der Waals surface area contributed by atoms with Gasteiger partial charge in [0.2, 0.25) is 0 Å². The average Bonchev–Trinajstić information content (AvgIpc) is 3.10. The zero-order valence-electron chi connectivity index (χ0n) is 29.2. The van der Waals surface area contributed by atoms with Crippen molar-refractivity contribution in [3.8, 4) is 18.2 Å². The Morgan fingerprint density at radius 3 is 1.51 bits per heavy atom. The standard InChI is InChI=1S/3C11H16N4O2/c1-8-6-10(14-2-4-17-5-3-16)15-11(13)9(8)7-12;1-8-6-10(13)15-11(9(8)7-12)14-2-4-17-5-3-16;1-8-6-10(13-2-4-16)15-11(9(8)7-12)14-3-5-17/h2*6,16H,2-5H2,1H3,(H3,13,14,15);6,16-17H,2-5H2,1H3,(H2,13,14,15). The molecule has 0 radical (unpaired) electrons. The molecule has 3 rings (SSSR count).